The van der Waals surface area contributed by atoms with Crippen molar-refractivity contribution in [1.82, 2.24) is 15.5 Å². The number of ether oxygens (including phenoxy) is 1. The van der Waals surface area contributed by atoms with E-state index in [9.17, 15) is 0 Å². The largest absolute Gasteiger partial charge is 0.497 e. The summed E-state index contributed by atoms with van der Waals surface area (Å²) >= 11 is 0. The molecule has 2 aromatic rings. The zero-order chi connectivity index (χ0) is 15.1. The molecule has 1 N–H and O–H groups in total. The maximum atomic E-state index is 5.16. The lowest BCUT2D eigenvalue weighted by Gasteiger charge is -2.13. The average molecular weight is 289 g/mol. The van der Waals surface area contributed by atoms with Crippen LogP contribution in [0, 0.1) is 6.92 Å². The highest BCUT2D eigenvalue weighted by Crippen LogP contribution is 2.13. The Morgan fingerprint density at radius 3 is 2.62 bits per heavy atom. The van der Waals surface area contributed by atoms with Gasteiger partial charge in [0.25, 0.3) is 0 Å². The molecule has 0 aliphatic rings. The van der Waals surface area contributed by atoms with Gasteiger partial charge in [0.05, 0.1) is 7.11 Å². The number of hydrogen-bond donors (Lipinski definition) is 1. The molecule has 0 bridgehead atoms. The Bertz CT molecular complexity index is 537. The van der Waals surface area contributed by atoms with E-state index in [2.05, 4.69) is 34.5 Å². The third-order valence-electron chi connectivity index (χ3n) is 3.44. The van der Waals surface area contributed by atoms with Gasteiger partial charge in [-0.2, -0.15) is 4.98 Å². The summed E-state index contributed by atoms with van der Waals surface area (Å²) in [5.74, 6) is 2.29. The average Bonchev–Trinajstić information content (AvgIpc) is 2.91. The van der Waals surface area contributed by atoms with Crippen molar-refractivity contribution < 1.29 is 9.26 Å². The van der Waals surface area contributed by atoms with Gasteiger partial charge in [0.15, 0.2) is 5.82 Å². The molecule has 0 saturated carbocycles. The minimum Gasteiger partial charge on any atom is -0.497 e. The molecule has 0 saturated heterocycles. The van der Waals surface area contributed by atoms with Gasteiger partial charge in [-0.05, 0) is 37.5 Å². The standard InChI is InChI=1S/C16H23N3O2/c1-12(17-11-10-16-18-13(2)21-19-16)4-5-14-6-8-15(20-3)9-7-14/h6-9,12,17H,4-5,10-11H2,1-3H3. The van der Waals surface area contributed by atoms with Crippen molar-refractivity contribution in [2.24, 2.45) is 0 Å². The number of nitrogens with zero attached hydrogens (tertiary/aromatic N) is 2. The molecule has 0 aliphatic heterocycles. The highest BCUT2D eigenvalue weighted by atomic mass is 16.5. The van der Waals surface area contributed by atoms with Crippen molar-refractivity contribution >= 4 is 0 Å². The maximum Gasteiger partial charge on any atom is 0.223 e. The monoisotopic (exact) mass is 289 g/mol. The Morgan fingerprint density at radius 1 is 1.24 bits per heavy atom. The Labute approximate surface area is 125 Å². The summed E-state index contributed by atoms with van der Waals surface area (Å²) in [6.07, 6.45) is 2.95. The van der Waals surface area contributed by atoms with Crippen molar-refractivity contribution in [3.05, 3.63) is 41.5 Å². The molecule has 2 rings (SSSR count). The van der Waals surface area contributed by atoms with Crippen LogP contribution in [-0.4, -0.2) is 29.8 Å². The second-order valence-electron chi connectivity index (χ2n) is 5.22. The van der Waals surface area contributed by atoms with Crippen LogP contribution >= 0.6 is 0 Å². The second-order valence-corrected chi connectivity index (χ2v) is 5.22. The number of hydrogen-bond acceptors (Lipinski definition) is 5. The highest BCUT2D eigenvalue weighted by Gasteiger charge is 2.05. The fourth-order valence-corrected chi connectivity index (χ4v) is 2.15. The first-order valence-electron chi connectivity index (χ1n) is 7.33. The van der Waals surface area contributed by atoms with Gasteiger partial charge in [0.1, 0.15) is 5.75 Å². The van der Waals surface area contributed by atoms with E-state index < -0.39 is 0 Å². The topological polar surface area (TPSA) is 60.2 Å². The zero-order valence-electron chi connectivity index (χ0n) is 12.9. The molecule has 1 atom stereocenters. The summed E-state index contributed by atoms with van der Waals surface area (Å²) in [5, 5.41) is 7.37. The van der Waals surface area contributed by atoms with Gasteiger partial charge in [-0.25, -0.2) is 0 Å². The van der Waals surface area contributed by atoms with Crippen molar-refractivity contribution in [2.45, 2.75) is 39.2 Å². The molecular weight excluding hydrogens is 266 g/mol. The fourth-order valence-electron chi connectivity index (χ4n) is 2.15. The Kier molecular flexibility index (Phi) is 5.75. The second kappa shape index (κ2) is 7.78. The van der Waals surface area contributed by atoms with E-state index in [1.807, 2.05) is 12.1 Å². The van der Waals surface area contributed by atoms with E-state index in [0.29, 0.717) is 11.9 Å². The summed E-state index contributed by atoms with van der Waals surface area (Å²) < 4.78 is 10.1. The zero-order valence-corrected chi connectivity index (χ0v) is 12.9. The van der Waals surface area contributed by atoms with Crippen LogP contribution in [0.3, 0.4) is 0 Å². The molecule has 5 heteroatoms. The van der Waals surface area contributed by atoms with E-state index >= 15 is 0 Å². The molecule has 0 radical (unpaired) electrons. The van der Waals surface area contributed by atoms with E-state index in [1.54, 1.807) is 14.0 Å². The molecule has 1 unspecified atom stereocenters. The Morgan fingerprint density at radius 2 is 2.00 bits per heavy atom. The number of aromatic nitrogens is 2. The van der Waals surface area contributed by atoms with E-state index in [4.69, 9.17) is 9.26 Å². The van der Waals surface area contributed by atoms with Crippen LogP contribution in [0.25, 0.3) is 0 Å². The van der Waals surface area contributed by atoms with Crippen LogP contribution in [-0.2, 0) is 12.8 Å². The number of benzene rings is 1. The van der Waals surface area contributed by atoms with Gasteiger partial charge >= 0.3 is 0 Å². The number of methoxy groups -OCH3 is 1. The van der Waals surface area contributed by atoms with Crippen LogP contribution in [0.2, 0.25) is 0 Å². The lowest BCUT2D eigenvalue weighted by atomic mass is 10.1. The van der Waals surface area contributed by atoms with Crippen molar-refractivity contribution in [3.63, 3.8) is 0 Å². The summed E-state index contributed by atoms with van der Waals surface area (Å²) in [4.78, 5) is 4.19. The molecule has 0 fully saturated rings. The van der Waals surface area contributed by atoms with Gasteiger partial charge in [-0.3, -0.25) is 0 Å². The number of aryl methyl sites for hydroxylation is 2. The first-order valence-corrected chi connectivity index (χ1v) is 7.33. The predicted octanol–water partition coefficient (Wildman–Crippen LogP) is 2.54. The summed E-state index contributed by atoms with van der Waals surface area (Å²) in [6.45, 7) is 4.87. The fraction of sp³-hybridized carbons (Fsp3) is 0.500. The maximum absolute atomic E-state index is 5.16. The smallest absolute Gasteiger partial charge is 0.223 e. The normalized spacial score (nSPS) is 12.3. The van der Waals surface area contributed by atoms with Crippen LogP contribution < -0.4 is 10.1 Å². The van der Waals surface area contributed by atoms with Crippen molar-refractivity contribution in [3.8, 4) is 5.75 Å². The molecule has 1 heterocycles. The predicted molar refractivity (Wildman–Crippen MR) is 81.5 cm³/mol. The van der Waals surface area contributed by atoms with Crippen LogP contribution in [0.5, 0.6) is 5.75 Å². The van der Waals surface area contributed by atoms with Gasteiger partial charge in [-0.1, -0.05) is 17.3 Å². The van der Waals surface area contributed by atoms with Crippen LogP contribution in [0.1, 0.15) is 30.6 Å². The quantitative estimate of drug-likeness (QED) is 0.809. The first kappa shape index (κ1) is 15.5. The third kappa shape index (κ3) is 5.19. The lowest BCUT2D eigenvalue weighted by molar-refractivity contribution is 0.386. The summed E-state index contributed by atoms with van der Waals surface area (Å²) in [6, 6.07) is 8.71. The molecular formula is C16H23N3O2. The molecule has 0 aliphatic carbocycles. The summed E-state index contributed by atoms with van der Waals surface area (Å²) in [7, 11) is 1.69. The van der Waals surface area contributed by atoms with E-state index in [0.717, 1.165) is 37.4 Å². The molecule has 0 amide bonds. The van der Waals surface area contributed by atoms with Crippen LogP contribution in [0.4, 0.5) is 0 Å². The molecule has 1 aromatic carbocycles. The number of nitrogens with one attached hydrogen (secondary N) is 1. The molecule has 0 spiro atoms. The first-order chi connectivity index (χ1) is 10.2. The Hall–Kier alpha value is -1.88. The minimum atomic E-state index is 0.458. The highest BCUT2D eigenvalue weighted by molar-refractivity contribution is 5.27. The third-order valence-corrected chi connectivity index (χ3v) is 3.44. The van der Waals surface area contributed by atoms with Gasteiger partial charge in [0, 0.05) is 25.9 Å². The molecule has 114 valence electrons. The molecule has 1 aromatic heterocycles. The lowest BCUT2D eigenvalue weighted by Crippen LogP contribution is -2.28. The van der Waals surface area contributed by atoms with Crippen molar-refractivity contribution in [1.29, 1.82) is 0 Å². The van der Waals surface area contributed by atoms with Gasteiger partial charge in [-0.15, -0.1) is 0 Å². The van der Waals surface area contributed by atoms with E-state index in [1.165, 1.54) is 5.56 Å². The van der Waals surface area contributed by atoms with E-state index in [-0.39, 0.29) is 0 Å². The minimum absolute atomic E-state index is 0.458. The van der Waals surface area contributed by atoms with Gasteiger partial charge in [0.2, 0.25) is 5.89 Å². The number of rotatable bonds is 8. The van der Waals surface area contributed by atoms with Crippen molar-refractivity contribution in [2.75, 3.05) is 13.7 Å². The van der Waals surface area contributed by atoms with Gasteiger partial charge < -0.3 is 14.6 Å². The molecule has 21 heavy (non-hydrogen) atoms. The van der Waals surface area contributed by atoms with Crippen LogP contribution in [0.15, 0.2) is 28.8 Å². The SMILES string of the molecule is COc1ccc(CCC(C)NCCc2noc(C)n2)cc1. The molecule has 5 nitrogen and oxygen atoms in total. The summed E-state index contributed by atoms with van der Waals surface area (Å²) in [5.41, 5.74) is 1.33. The Balaban J connectivity index is 1.65.